The summed E-state index contributed by atoms with van der Waals surface area (Å²) in [5.41, 5.74) is 6.97. The van der Waals surface area contributed by atoms with E-state index in [0.29, 0.717) is 42.4 Å². The molecule has 37 heavy (non-hydrogen) atoms. The first-order valence-electron chi connectivity index (χ1n) is 14.7. The molecule has 2 unspecified atom stereocenters. The van der Waals surface area contributed by atoms with E-state index in [1.165, 1.54) is 37.5 Å². The average molecular weight is 520 g/mol. The molecular weight excluding hydrogens is 472 g/mol. The van der Waals surface area contributed by atoms with Crippen LogP contribution in [-0.2, 0) is 0 Å². The summed E-state index contributed by atoms with van der Waals surface area (Å²) < 4.78 is 28.1. The summed E-state index contributed by atoms with van der Waals surface area (Å²) in [5.74, 6) is 1.32. The van der Waals surface area contributed by atoms with Gasteiger partial charge in [0.05, 0.1) is 23.9 Å². The standard InChI is InChI=1S/C31H47F2NO3/c1-17(6-4-9-25(35)28-22(32)7-5-8-23(28)33)18-10-11-19-27-20(12-14-30(18,19)2)31(3)15-13-26(36)29(37)21(31)16-24(27)34/h5,7-8,17-21,24-27,29,35-37H,4,6,9-16,34H2,1-3H3/t17-,18-,19+,20+,21+,24?,25?,26+,27+,29-,30-,31-/m1/s1. The summed E-state index contributed by atoms with van der Waals surface area (Å²) in [6.45, 7) is 7.15. The Morgan fingerprint density at radius 1 is 0.946 bits per heavy atom. The monoisotopic (exact) mass is 519 g/mol. The summed E-state index contributed by atoms with van der Waals surface area (Å²) >= 11 is 0. The molecule has 0 bridgehead atoms. The van der Waals surface area contributed by atoms with Crippen molar-refractivity contribution in [2.24, 2.45) is 52.1 Å². The van der Waals surface area contributed by atoms with Gasteiger partial charge < -0.3 is 21.1 Å². The molecule has 208 valence electrons. The summed E-state index contributed by atoms with van der Waals surface area (Å²) in [5, 5.41) is 31.7. The maximum atomic E-state index is 14.1. The Morgan fingerprint density at radius 3 is 2.30 bits per heavy atom. The quantitative estimate of drug-likeness (QED) is 0.386. The summed E-state index contributed by atoms with van der Waals surface area (Å²) in [4.78, 5) is 0. The molecule has 4 aliphatic carbocycles. The third kappa shape index (κ3) is 4.48. The Kier molecular flexibility index (Phi) is 7.54. The molecule has 0 amide bonds. The average Bonchev–Trinajstić information content (AvgIpc) is 3.20. The van der Waals surface area contributed by atoms with Gasteiger partial charge in [0.1, 0.15) is 11.6 Å². The molecule has 0 radical (unpaired) electrons. The lowest BCUT2D eigenvalue weighted by Gasteiger charge is -2.63. The van der Waals surface area contributed by atoms with Crippen LogP contribution >= 0.6 is 0 Å². The molecule has 4 saturated carbocycles. The predicted octanol–water partition coefficient (Wildman–Crippen LogP) is 5.73. The van der Waals surface area contributed by atoms with Gasteiger partial charge in [-0.1, -0.05) is 39.7 Å². The Balaban J connectivity index is 1.25. The number of fused-ring (bicyclic) bond motifs is 5. The van der Waals surface area contributed by atoms with E-state index in [-0.39, 0.29) is 28.4 Å². The van der Waals surface area contributed by atoms with E-state index in [1.807, 2.05) is 0 Å². The number of benzene rings is 1. The van der Waals surface area contributed by atoms with Crippen LogP contribution in [0, 0.1) is 58.0 Å². The van der Waals surface area contributed by atoms with E-state index >= 15 is 0 Å². The molecule has 0 aromatic heterocycles. The second-order valence-corrected chi connectivity index (χ2v) is 13.7. The molecular formula is C31H47F2NO3. The molecule has 4 nitrogen and oxygen atoms in total. The maximum absolute atomic E-state index is 14.1. The molecule has 1 aromatic carbocycles. The van der Waals surface area contributed by atoms with Crippen LogP contribution in [0.5, 0.6) is 0 Å². The van der Waals surface area contributed by atoms with E-state index in [0.717, 1.165) is 32.1 Å². The zero-order chi connectivity index (χ0) is 26.7. The fraction of sp³-hybridized carbons (Fsp3) is 0.806. The minimum absolute atomic E-state index is 0.0440. The molecule has 1 aromatic rings. The smallest absolute Gasteiger partial charge is 0.131 e. The van der Waals surface area contributed by atoms with Crippen LogP contribution in [0.3, 0.4) is 0 Å². The van der Waals surface area contributed by atoms with Crippen molar-refractivity contribution in [2.45, 2.75) is 109 Å². The molecule has 0 aliphatic heterocycles. The summed E-state index contributed by atoms with van der Waals surface area (Å²) in [7, 11) is 0. The van der Waals surface area contributed by atoms with Crippen LogP contribution in [0.25, 0.3) is 0 Å². The fourth-order valence-electron chi connectivity index (χ4n) is 10.1. The van der Waals surface area contributed by atoms with E-state index in [4.69, 9.17) is 5.73 Å². The van der Waals surface area contributed by atoms with Crippen LogP contribution in [0.4, 0.5) is 8.78 Å². The number of hydrogen-bond donors (Lipinski definition) is 4. The van der Waals surface area contributed by atoms with Crippen LogP contribution in [0.1, 0.15) is 96.6 Å². The predicted molar refractivity (Wildman–Crippen MR) is 140 cm³/mol. The van der Waals surface area contributed by atoms with E-state index < -0.39 is 29.9 Å². The highest BCUT2D eigenvalue weighted by atomic mass is 19.1. The SMILES string of the molecule is C[C@H](CCCC(O)c1c(F)cccc1F)[C@H]1CC[C@H]2[C@@H]3C(N)C[C@H]4[C@@H](O)[C@@H](O)CC[C@]4(C)[C@H]3CC[C@]12C. The van der Waals surface area contributed by atoms with Gasteiger partial charge in [-0.3, -0.25) is 0 Å². The minimum atomic E-state index is -1.12. The Labute approximate surface area is 221 Å². The van der Waals surface area contributed by atoms with Crippen molar-refractivity contribution in [2.75, 3.05) is 0 Å². The molecule has 4 fully saturated rings. The van der Waals surface area contributed by atoms with Crippen molar-refractivity contribution in [1.82, 2.24) is 0 Å². The Hall–Kier alpha value is -1.08. The lowest BCUT2D eigenvalue weighted by molar-refractivity contribution is -0.180. The van der Waals surface area contributed by atoms with Gasteiger partial charge in [-0.2, -0.15) is 0 Å². The lowest BCUT2D eigenvalue weighted by Crippen LogP contribution is -2.63. The van der Waals surface area contributed by atoms with Gasteiger partial charge in [-0.25, -0.2) is 8.78 Å². The van der Waals surface area contributed by atoms with E-state index in [1.54, 1.807) is 0 Å². The zero-order valence-corrected chi connectivity index (χ0v) is 22.8. The van der Waals surface area contributed by atoms with Crippen LogP contribution < -0.4 is 5.73 Å². The van der Waals surface area contributed by atoms with E-state index in [2.05, 4.69) is 20.8 Å². The first-order valence-corrected chi connectivity index (χ1v) is 14.7. The first kappa shape index (κ1) is 27.5. The number of halogens is 2. The highest BCUT2D eigenvalue weighted by Gasteiger charge is 2.63. The van der Waals surface area contributed by atoms with E-state index in [9.17, 15) is 24.1 Å². The van der Waals surface area contributed by atoms with Crippen molar-refractivity contribution in [3.8, 4) is 0 Å². The third-order valence-corrected chi connectivity index (χ3v) is 12.1. The Bertz CT molecular complexity index is 956. The highest BCUT2D eigenvalue weighted by Crippen LogP contribution is 2.68. The topological polar surface area (TPSA) is 86.7 Å². The van der Waals surface area contributed by atoms with Crippen molar-refractivity contribution in [3.63, 3.8) is 0 Å². The summed E-state index contributed by atoms with van der Waals surface area (Å²) in [6, 6.07) is 3.80. The Morgan fingerprint density at radius 2 is 1.59 bits per heavy atom. The molecule has 6 heteroatoms. The number of aliphatic hydroxyl groups is 3. The lowest BCUT2D eigenvalue weighted by atomic mass is 9.43. The van der Waals surface area contributed by atoms with Gasteiger partial charge in [0.25, 0.3) is 0 Å². The number of hydrogen-bond acceptors (Lipinski definition) is 4. The van der Waals surface area contributed by atoms with Gasteiger partial charge in [0, 0.05) is 6.04 Å². The van der Waals surface area contributed by atoms with Gasteiger partial charge in [-0.05, 0) is 110 Å². The molecule has 5 rings (SSSR count). The van der Waals surface area contributed by atoms with Gasteiger partial charge in [-0.15, -0.1) is 0 Å². The molecule has 5 N–H and O–H groups in total. The van der Waals surface area contributed by atoms with Gasteiger partial charge >= 0.3 is 0 Å². The van der Waals surface area contributed by atoms with Crippen LogP contribution in [0.15, 0.2) is 18.2 Å². The fourth-order valence-corrected chi connectivity index (χ4v) is 10.1. The molecule has 0 spiro atoms. The number of rotatable bonds is 6. The maximum Gasteiger partial charge on any atom is 0.131 e. The van der Waals surface area contributed by atoms with Gasteiger partial charge in [0.2, 0.25) is 0 Å². The van der Waals surface area contributed by atoms with Crippen molar-refractivity contribution in [1.29, 1.82) is 0 Å². The minimum Gasteiger partial charge on any atom is -0.390 e. The largest absolute Gasteiger partial charge is 0.390 e. The zero-order valence-electron chi connectivity index (χ0n) is 22.8. The van der Waals surface area contributed by atoms with Crippen LogP contribution in [-0.4, -0.2) is 33.6 Å². The van der Waals surface area contributed by atoms with Crippen molar-refractivity contribution >= 4 is 0 Å². The summed E-state index contributed by atoms with van der Waals surface area (Å²) in [6.07, 6.45) is 6.75. The molecule has 12 atom stereocenters. The number of aliphatic hydroxyl groups excluding tert-OH is 3. The normalized spacial score (nSPS) is 45.0. The molecule has 0 heterocycles. The molecule has 0 saturated heterocycles. The van der Waals surface area contributed by atoms with Crippen molar-refractivity contribution in [3.05, 3.63) is 35.4 Å². The third-order valence-electron chi connectivity index (χ3n) is 12.1. The second kappa shape index (κ2) is 10.1. The molecule has 4 aliphatic rings. The van der Waals surface area contributed by atoms with Gasteiger partial charge in [0.15, 0.2) is 0 Å². The van der Waals surface area contributed by atoms with Crippen molar-refractivity contribution < 1.29 is 24.1 Å². The highest BCUT2D eigenvalue weighted by molar-refractivity contribution is 5.22. The second-order valence-electron chi connectivity index (χ2n) is 13.7. The number of nitrogens with two attached hydrogens (primary N) is 1. The first-order chi connectivity index (χ1) is 17.5. The van der Waals surface area contributed by atoms with Crippen LogP contribution in [0.2, 0.25) is 0 Å².